The summed E-state index contributed by atoms with van der Waals surface area (Å²) in [6, 6.07) is 10.7. The maximum absolute atomic E-state index is 13.9. The van der Waals surface area contributed by atoms with E-state index in [4.69, 9.17) is 4.74 Å². The van der Waals surface area contributed by atoms with Crippen molar-refractivity contribution in [2.75, 3.05) is 6.61 Å². The second kappa shape index (κ2) is 8.75. The Morgan fingerprint density at radius 3 is 2.45 bits per heavy atom. The molecule has 31 heavy (non-hydrogen) atoms. The van der Waals surface area contributed by atoms with Crippen LogP contribution in [0.5, 0.6) is 0 Å². The molecule has 2 fully saturated rings. The molecule has 1 atom stereocenters. The quantitative estimate of drug-likeness (QED) is 0.800. The minimum atomic E-state index is -0.849. The van der Waals surface area contributed by atoms with Crippen molar-refractivity contribution in [2.45, 2.75) is 50.9 Å². The van der Waals surface area contributed by atoms with Crippen LogP contribution < -0.4 is 5.32 Å². The molecule has 0 bridgehead atoms. The first-order valence-electron chi connectivity index (χ1n) is 10.6. The molecule has 1 spiro atoms. The van der Waals surface area contributed by atoms with Crippen LogP contribution in [0, 0.1) is 17.6 Å². The van der Waals surface area contributed by atoms with Crippen LogP contribution >= 0.6 is 0 Å². The summed E-state index contributed by atoms with van der Waals surface area (Å²) >= 11 is 0. The zero-order valence-corrected chi connectivity index (χ0v) is 17.4. The highest BCUT2D eigenvalue weighted by Gasteiger charge is 2.53. The number of nitrogens with zero attached hydrogens (tertiary/aromatic N) is 1. The van der Waals surface area contributed by atoms with Crippen LogP contribution in [0.1, 0.15) is 48.5 Å². The zero-order valence-electron chi connectivity index (χ0n) is 17.4. The predicted molar refractivity (Wildman–Crippen MR) is 111 cm³/mol. The molecule has 2 aromatic carbocycles. The number of benzene rings is 2. The van der Waals surface area contributed by atoms with Gasteiger partial charge >= 0.3 is 0 Å². The third-order valence-electron chi connectivity index (χ3n) is 6.34. The minimum absolute atomic E-state index is 0.0185. The van der Waals surface area contributed by atoms with E-state index >= 15 is 0 Å². The van der Waals surface area contributed by atoms with Gasteiger partial charge in [0.05, 0.1) is 6.61 Å². The molecule has 1 N–H and O–H groups in total. The lowest BCUT2D eigenvalue weighted by molar-refractivity contribution is -0.128. The molecular weight excluding hydrogens is 402 g/mol. The Morgan fingerprint density at radius 1 is 1.10 bits per heavy atom. The number of hydrogen-bond donors (Lipinski definition) is 1. The van der Waals surface area contributed by atoms with E-state index < -0.39 is 29.3 Å². The molecule has 1 aliphatic carbocycles. The molecule has 2 aromatic rings. The number of ether oxygens (including phenoxy) is 1. The number of hydrogen-bond acceptors (Lipinski definition) is 3. The molecular formula is C24H26F2N2O3. The lowest BCUT2D eigenvalue weighted by atomic mass is 9.83. The van der Waals surface area contributed by atoms with Crippen molar-refractivity contribution in [1.29, 1.82) is 0 Å². The smallest absolute Gasteiger partial charge is 0.256 e. The molecule has 0 unspecified atom stereocenters. The third-order valence-corrected chi connectivity index (χ3v) is 6.34. The normalized spacial score (nSPS) is 25.6. The molecule has 0 radical (unpaired) electrons. The van der Waals surface area contributed by atoms with Crippen LogP contribution in [0.3, 0.4) is 0 Å². The van der Waals surface area contributed by atoms with E-state index in [2.05, 4.69) is 12.2 Å². The van der Waals surface area contributed by atoms with Crippen molar-refractivity contribution >= 4 is 11.8 Å². The highest BCUT2D eigenvalue weighted by Crippen LogP contribution is 2.43. The van der Waals surface area contributed by atoms with Crippen LogP contribution in [-0.4, -0.2) is 35.1 Å². The first-order chi connectivity index (χ1) is 14.9. The van der Waals surface area contributed by atoms with Gasteiger partial charge in [0.1, 0.15) is 23.4 Å². The molecule has 2 aliphatic rings. The Bertz CT molecular complexity index is 956. The summed E-state index contributed by atoms with van der Waals surface area (Å²) in [5.41, 5.74) is -0.179. The molecule has 164 valence electrons. The molecule has 0 aromatic heterocycles. The van der Waals surface area contributed by atoms with Gasteiger partial charge in [0.2, 0.25) is 5.91 Å². The van der Waals surface area contributed by atoms with E-state index in [0.29, 0.717) is 29.9 Å². The predicted octanol–water partition coefficient (Wildman–Crippen LogP) is 4.03. The van der Waals surface area contributed by atoms with Crippen molar-refractivity contribution in [3.8, 4) is 0 Å². The Morgan fingerprint density at radius 2 is 1.77 bits per heavy atom. The fraction of sp³-hybridized carbons (Fsp3) is 0.417. The molecule has 5 nitrogen and oxygen atoms in total. The second-order valence-electron chi connectivity index (χ2n) is 8.45. The largest absolute Gasteiger partial charge is 0.353 e. The van der Waals surface area contributed by atoms with E-state index in [1.165, 1.54) is 35.2 Å². The summed E-state index contributed by atoms with van der Waals surface area (Å²) in [6.45, 7) is 2.25. The van der Waals surface area contributed by atoms with Crippen molar-refractivity contribution in [3.63, 3.8) is 0 Å². The number of amides is 2. The van der Waals surface area contributed by atoms with Crippen molar-refractivity contribution in [1.82, 2.24) is 10.2 Å². The fourth-order valence-electron chi connectivity index (χ4n) is 4.45. The molecule has 1 saturated carbocycles. The van der Waals surface area contributed by atoms with Gasteiger partial charge in [0.25, 0.3) is 5.91 Å². The standard InChI is InChI=1S/C24H26F2N2O3/c1-16-10-12-24(13-11-16)28(23(30)17-6-8-19(25)9-7-17)21(15-31-24)22(29)27-14-18-4-2-3-5-20(18)26/h2-9,16,21H,10-15H2,1H3,(H,27,29)/t16?,21-,24?/m0/s1. The molecule has 2 amide bonds. The number of halogens is 2. The van der Waals surface area contributed by atoms with Crippen LogP contribution in [0.15, 0.2) is 48.5 Å². The summed E-state index contributed by atoms with van der Waals surface area (Å²) in [6.07, 6.45) is 3.05. The average molecular weight is 428 g/mol. The highest BCUT2D eigenvalue weighted by atomic mass is 19.1. The lowest BCUT2D eigenvalue weighted by Gasteiger charge is -2.43. The molecule has 7 heteroatoms. The van der Waals surface area contributed by atoms with E-state index in [9.17, 15) is 18.4 Å². The Labute approximate surface area is 180 Å². The van der Waals surface area contributed by atoms with E-state index in [1.54, 1.807) is 18.2 Å². The molecule has 1 aliphatic heterocycles. The lowest BCUT2D eigenvalue weighted by Crippen LogP contribution is -2.56. The van der Waals surface area contributed by atoms with Crippen LogP contribution in [0.4, 0.5) is 8.78 Å². The first kappa shape index (κ1) is 21.4. The molecule has 4 rings (SSSR count). The van der Waals surface area contributed by atoms with Gasteiger partial charge in [-0.2, -0.15) is 0 Å². The van der Waals surface area contributed by atoms with Gasteiger partial charge in [0, 0.05) is 17.7 Å². The van der Waals surface area contributed by atoms with Gasteiger partial charge in [-0.3, -0.25) is 14.5 Å². The summed E-state index contributed by atoms with van der Waals surface area (Å²) in [5.74, 6) is -1.07. The number of carbonyl (C=O) groups is 2. The van der Waals surface area contributed by atoms with Gasteiger partial charge < -0.3 is 10.1 Å². The first-order valence-corrected chi connectivity index (χ1v) is 10.6. The van der Waals surface area contributed by atoms with Gasteiger partial charge in [-0.25, -0.2) is 8.78 Å². The number of carbonyl (C=O) groups excluding carboxylic acids is 2. The Hall–Kier alpha value is -2.80. The monoisotopic (exact) mass is 428 g/mol. The van der Waals surface area contributed by atoms with Crippen LogP contribution in [0.2, 0.25) is 0 Å². The van der Waals surface area contributed by atoms with Crippen molar-refractivity contribution in [3.05, 3.63) is 71.3 Å². The van der Waals surface area contributed by atoms with E-state index in [1.807, 2.05) is 0 Å². The van der Waals surface area contributed by atoms with Crippen molar-refractivity contribution in [2.24, 2.45) is 5.92 Å². The Balaban J connectivity index is 1.58. The summed E-state index contributed by atoms with van der Waals surface area (Å²) in [4.78, 5) is 28.0. The summed E-state index contributed by atoms with van der Waals surface area (Å²) in [7, 11) is 0. The van der Waals surface area contributed by atoms with Gasteiger partial charge in [-0.05, 0) is 61.9 Å². The maximum atomic E-state index is 13.9. The van der Waals surface area contributed by atoms with Gasteiger partial charge in [0.15, 0.2) is 0 Å². The minimum Gasteiger partial charge on any atom is -0.353 e. The van der Waals surface area contributed by atoms with Gasteiger partial charge in [-0.15, -0.1) is 0 Å². The van der Waals surface area contributed by atoms with E-state index in [-0.39, 0.29) is 19.1 Å². The van der Waals surface area contributed by atoms with Gasteiger partial charge in [-0.1, -0.05) is 25.1 Å². The van der Waals surface area contributed by atoms with E-state index in [0.717, 1.165) is 12.8 Å². The molecule has 1 heterocycles. The van der Waals surface area contributed by atoms with Crippen LogP contribution in [0.25, 0.3) is 0 Å². The SMILES string of the molecule is CC1CCC2(CC1)OC[C@@H](C(=O)NCc1ccccc1F)N2C(=O)c1ccc(F)cc1. The average Bonchev–Trinajstić information content (AvgIpc) is 3.14. The zero-order chi connectivity index (χ0) is 22.0. The van der Waals surface area contributed by atoms with Crippen LogP contribution in [-0.2, 0) is 16.1 Å². The fourth-order valence-corrected chi connectivity index (χ4v) is 4.45. The second-order valence-corrected chi connectivity index (χ2v) is 8.45. The molecule has 1 saturated heterocycles. The Kier molecular flexibility index (Phi) is 6.05. The summed E-state index contributed by atoms with van der Waals surface area (Å²) in [5, 5.41) is 2.75. The van der Waals surface area contributed by atoms with Crippen molar-refractivity contribution < 1.29 is 23.1 Å². The topological polar surface area (TPSA) is 58.6 Å². The maximum Gasteiger partial charge on any atom is 0.256 e. The number of nitrogens with one attached hydrogen (secondary N) is 1. The number of rotatable bonds is 4. The summed E-state index contributed by atoms with van der Waals surface area (Å²) < 4.78 is 33.4. The third kappa shape index (κ3) is 4.32. The highest BCUT2D eigenvalue weighted by molar-refractivity contribution is 5.98.